The molecule has 1 aromatic heterocycles. The van der Waals surface area contributed by atoms with Gasteiger partial charge in [0.2, 0.25) is 0 Å². The van der Waals surface area contributed by atoms with Gasteiger partial charge in [-0.05, 0) is 38.4 Å². The molecule has 3 heteroatoms. The Hall–Kier alpha value is -1.09. The Morgan fingerprint density at radius 3 is 3.08 bits per heavy atom. The molecule has 72 valence electrons. The highest BCUT2D eigenvalue weighted by molar-refractivity contribution is 5.15. The molecule has 0 bridgehead atoms. The van der Waals surface area contributed by atoms with Gasteiger partial charge >= 0.3 is 0 Å². The number of rotatable bonds is 5. The first-order valence-corrected chi connectivity index (χ1v) is 4.59. The summed E-state index contributed by atoms with van der Waals surface area (Å²) >= 11 is 0. The molecule has 0 aliphatic heterocycles. The lowest BCUT2D eigenvalue weighted by Crippen LogP contribution is -2.13. The van der Waals surface area contributed by atoms with E-state index in [0.717, 1.165) is 25.1 Å². The van der Waals surface area contributed by atoms with Gasteiger partial charge in [-0.3, -0.25) is 4.98 Å². The molecule has 1 unspecified atom stereocenters. The lowest BCUT2D eigenvalue weighted by molar-refractivity contribution is 0.208. The van der Waals surface area contributed by atoms with Crippen LogP contribution in [-0.4, -0.2) is 17.6 Å². The van der Waals surface area contributed by atoms with Crippen molar-refractivity contribution in [2.45, 2.75) is 25.9 Å². The minimum atomic E-state index is 0.216. The first-order chi connectivity index (χ1) is 6.33. The second-order valence-corrected chi connectivity index (χ2v) is 3.05. The summed E-state index contributed by atoms with van der Waals surface area (Å²) in [4.78, 5) is 3.97. The van der Waals surface area contributed by atoms with E-state index in [2.05, 4.69) is 4.98 Å². The zero-order valence-electron chi connectivity index (χ0n) is 7.94. The van der Waals surface area contributed by atoms with Crippen molar-refractivity contribution in [3.05, 3.63) is 24.5 Å². The van der Waals surface area contributed by atoms with Gasteiger partial charge in [0, 0.05) is 6.20 Å². The van der Waals surface area contributed by atoms with Gasteiger partial charge in [-0.1, -0.05) is 0 Å². The molecular formula is C10H16N2O. The van der Waals surface area contributed by atoms with Crippen molar-refractivity contribution in [3.8, 4) is 5.75 Å². The van der Waals surface area contributed by atoms with Crippen LogP contribution in [0.15, 0.2) is 24.5 Å². The monoisotopic (exact) mass is 180 g/mol. The summed E-state index contributed by atoms with van der Waals surface area (Å²) in [5, 5.41) is 0. The third kappa shape index (κ3) is 3.90. The quantitative estimate of drug-likeness (QED) is 0.748. The number of ether oxygens (including phenoxy) is 1. The zero-order valence-corrected chi connectivity index (χ0v) is 7.94. The van der Waals surface area contributed by atoms with Crippen LogP contribution < -0.4 is 10.5 Å². The number of hydrogen-bond donors (Lipinski definition) is 1. The van der Waals surface area contributed by atoms with Gasteiger partial charge in [0.1, 0.15) is 5.75 Å². The van der Waals surface area contributed by atoms with E-state index in [4.69, 9.17) is 10.5 Å². The largest absolute Gasteiger partial charge is 0.489 e. The standard InChI is InChI=1S/C10H16N2O/c1-9(4-2-6-11)13-10-5-3-7-12-8-10/h3,5,7-9H,2,4,6,11H2,1H3. The highest BCUT2D eigenvalue weighted by Crippen LogP contribution is 2.11. The van der Waals surface area contributed by atoms with E-state index in [1.807, 2.05) is 19.1 Å². The van der Waals surface area contributed by atoms with E-state index in [-0.39, 0.29) is 6.10 Å². The van der Waals surface area contributed by atoms with Gasteiger partial charge < -0.3 is 10.5 Å². The van der Waals surface area contributed by atoms with Crippen molar-refractivity contribution in [3.63, 3.8) is 0 Å². The van der Waals surface area contributed by atoms with E-state index < -0.39 is 0 Å². The van der Waals surface area contributed by atoms with Gasteiger partial charge in [-0.15, -0.1) is 0 Å². The van der Waals surface area contributed by atoms with Crippen LogP contribution in [0.4, 0.5) is 0 Å². The van der Waals surface area contributed by atoms with Gasteiger partial charge in [0.15, 0.2) is 0 Å². The molecule has 0 aliphatic carbocycles. The molecule has 0 fully saturated rings. The third-order valence-corrected chi connectivity index (χ3v) is 1.79. The predicted octanol–water partition coefficient (Wildman–Crippen LogP) is 1.59. The Kier molecular flexibility index (Phi) is 4.26. The van der Waals surface area contributed by atoms with Crippen LogP contribution >= 0.6 is 0 Å². The van der Waals surface area contributed by atoms with Gasteiger partial charge in [0.25, 0.3) is 0 Å². The molecule has 0 amide bonds. The predicted molar refractivity (Wildman–Crippen MR) is 52.6 cm³/mol. The van der Waals surface area contributed by atoms with Crippen LogP contribution in [-0.2, 0) is 0 Å². The van der Waals surface area contributed by atoms with Crippen molar-refractivity contribution in [2.75, 3.05) is 6.54 Å². The van der Waals surface area contributed by atoms with E-state index in [1.165, 1.54) is 0 Å². The van der Waals surface area contributed by atoms with Crippen molar-refractivity contribution in [2.24, 2.45) is 5.73 Å². The summed E-state index contributed by atoms with van der Waals surface area (Å²) < 4.78 is 5.60. The molecule has 2 N–H and O–H groups in total. The van der Waals surface area contributed by atoms with Crippen LogP contribution in [0.2, 0.25) is 0 Å². The van der Waals surface area contributed by atoms with Crippen molar-refractivity contribution in [1.82, 2.24) is 4.98 Å². The molecule has 1 aromatic rings. The van der Waals surface area contributed by atoms with Crippen LogP contribution in [0.5, 0.6) is 5.75 Å². The van der Waals surface area contributed by atoms with E-state index in [9.17, 15) is 0 Å². The summed E-state index contributed by atoms with van der Waals surface area (Å²) in [5.74, 6) is 0.826. The summed E-state index contributed by atoms with van der Waals surface area (Å²) in [6, 6.07) is 3.77. The Labute approximate surface area is 78.9 Å². The Balaban J connectivity index is 2.32. The summed E-state index contributed by atoms with van der Waals surface area (Å²) in [6.07, 6.45) is 5.66. The van der Waals surface area contributed by atoms with Crippen LogP contribution in [0.3, 0.4) is 0 Å². The van der Waals surface area contributed by atoms with E-state index >= 15 is 0 Å². The summed E-state index contributed by atoms with van der Waals surface area (Å²) in [5.41, 5.74) is 5.40. The first-order valence-electron chi connectivity index (χ1n) is 4.59. The molecule has 13 heavy (non-hydrogen) atoms. The average molecular weight is 180 g/mol. The fourth-order valence-corrected chi connectivity index (χ4v) is 1.11. The molecule has 1 rings (SSSR count). The number of hydrogen-bond acceptors (Lipinski definition) is 3. The number of aromatic nitrogens is 1. The van der Waals surface area contributed by atoms with E-state index in [0.29, 0.717) is 0 Å². The van der Waals surface area contributed by atoms with Crippen molar-refractivity contribution >= 4 is 0 Å². The fourth-order valence-electron chi connectivity index (χ4n) is 1.11. The molecule has 0 saturated heterocycles. The fraction of sp³-hybridized carbons (Fsp3) is 0.500. The van der Waals surface area contributed by atoms with E-state index in [1.54, 1.807) is 12.4 Å². The molecule has 0 spiro atoms. The average Bonchev–Trinajstić information content (AvgIpc) is 2.16. The molecule has 0 aliphatic rings. The highest BCUT2D eigenvalue weighted by Gasteiger charge is 2.02. The minimum absolute atomic E-state index is 0.216. The SMILES string of the molecule is CC(CCCN)Oc1cccnc1. The maximum absolute atomic E-state index is 5.60. The first kappa shape index (κ1) is 9.99. The molecule has 0 radical (unpaired) electrons. The smallest absolute Gasteiger partial charge is 0.137 e. The lowest BCUT2D eigenvalue weighted by Gasteiger charge is -2.13. The number of pyridine rings is 1. The molecule has 1 atom stereocenters. The highest BCUT2D eigenvalue weighted by atomic mass is 16.5. The van der Waals surface area contributed by atoms with Gasteiger partial charge in [-0.2, -0.15) is 0 Å². The van der Waals surface area contributed by atoms with Crippen LogP contribution in [0.1, 0.15) is 19.8 Å². The normalized spacial score (nSPS) is 12.5. The molecule has 0 saturated carbocycles. The third-order valence-electron chi connectivity index (χ3n) is 1.79. The molecule has 3 nitrogen and oxygen atoms in total. The topological polar surface area (TPSA) is 48.1 Å². The maximum Gasteiger partial charge on any atom is 0.137 e. The summed E-state index contributed by atoms with van der Waals surface area (Å²) in [7, 11) is 0. The van der Waals surface area contributed by atoms with Crippen LogP contribution in [0.25, 0.3) is 0 Å². The van der Waals surface area contributed by atoms with Crippen molar-refractivity contribution < 1.29 is 4.74 Å². The Morgan fingerprint density at radius 2 is 2.46 bits per heavy atom. The minimum Gasteiger partial charge on any atom is -0.489 e. The number of nitrogens with two attached hydrogens (primary N) is 1. The van der Waals surface area contributed by atoms with Crippen LogP contribution in [0, 0.1) is 0 Å². The second kappa shape index (κ2) is 5.54. The van der Waals surface area contributed by atoms with Crippen molar-refractivity contribution in [1.29, 1.82) is 0 Å². The molecule has 1 heterocycles. The zero-order chi connectivity index (χ0) is 9.52. The molecular weight excluding hydrogens is 164 g/mol. The van der Waals surface area contributed by atoms with Gasteiger partial charge in [-0.25, -0.2) is 0 Å². The lowest BCUT2D eigenvalue weighted by atomic mass is 10.2. The Morgan fingerprint density at radius 1 is 1.62 bits per heavy atom. The van der Waals surface area contributed by atoms with Gasteiger partial charge in [0.05, 0.1) is 12.3 Å². The number of nitrogens with zero attached hydrogens (tertiary/aromatic N) is 1. The Bertz CT molecular complexity index is 226. The second-order valence-electron chi connectivity index (χ2n) is 3.05. The molecule has 0 aromatic carbocycles. The summed E-state index contributed by atoms with van der Waals surface area (Å²) in [6.45, 7) is 2.77. The maximum atomic E-state index is 5.60.